The second-order valence-corrected chi connectivity index (χ2v) is 6.20. The largest absolute Gasteiger partial charge is 0.303 e. The van der Waals surface area contributed by atoms with Gasteiger partial charge < -0.3 is 4.90 Å². The molecule has 112 valence electrons. The lowest BCUT2D eigenvalue weighted by Crippen LogP contribution is -2.20. The summed E-state index contributed by atoms with van der Waals surface area (Å²) >= 11 is 0. The Morgan fingerprint density at radius 2 is 2.00 bits per heavy atom. The van der Waals surface area contributed by atoms with Gasteiger partial charge in [0.05, 0.1) is 0 Å². The van der Waals surface area contributed by atoms with Gasteiger partial charge in [-0.2, -0.15) is 0 Å². The predicted octanol–water partition coefficient (Wildman–Crippen LogP) is 4.33. The first-order chi connectivity index (χ1) is 9.58. The first-order valence-corrected chi connectivity index (χ1v) is 7.81. The molecule has 0 fully saturated rings. The van der Waals surface area contributed by atoms with Crippen molar-refractivity contribution >= 4 is 0 Å². The van der Waals surface area contributed by atoms with Crippen molar-refractivity contribution in [3.63, 3.8) is 0 Å². The van der Waals surface area contributed by atoms with Gasteiger partial charge in [0.2, 0.25) is 0 Å². The van der Waals surface area contributed by atoms with Gasteiger partial charge in [0.25, 0.3) is 0 Å². The fraction of sp³-hybridized carbons (Fsp3) is 0.611. The molecular weight excluding hydrogens is 244 g/mol. The quantitative estimate of drug-likeness (QED) is 0.623. The molecule has 2 heteroatoms. The van der Waals surface area contributed by atoms with Gasteiger partial charge in [0.1, 0.15) is 0 Å². The van der Waals surface area contributed by atoms with Crippen LogP contribution >= 0.6 is 0 Å². The van der Waals surface area contributed by atoms with Gasteiger partial charge in [-0.1, -0.05) is 25.5 Å². The van der Waals surface area contributed by atoms with Crippen LogP contribution in [0, 0.1) is 5.92 Å². The molecule has 20 heavy (non-hydrogen) atoms. The Kier molecular flexibility index (Phi) is 8.20. The van der Waals surface area contributed by atoms with Crippen LogP contribution in [-0.4, -0.2) is 30.0 Å². The van der Waals surface area contributed by atoms with Crippen molar-refractivity contribution in [3.05, 3.63) is 41.7 Å². The Morgan fingerprint density at radius 3 is 2.65 bits per heavy atom. The van der Waals surface area contributed by atoms with Gasteiger partial charge >= 0.3 is 0 Å². The molecule has 0 unspecified atom stereocenters. The summed E-state index contributed by atoms with van der Waals surface area (Å²) in [6.45, 7) is 9.10. The number of aryl methyl sites for hydroxylation is 1. The van der Waals surface area contributed by atoms with E-state index in [-0.39, 0.29) is 0 Å². The topological polar surface area (TPSA) is 16.1 Å². The fourth-order valence-corrected chi connectivity index (χ4v) is 2.17. The van der Waals surface area contributed by atoms with Crippen molar-refractivity contribution in [2.75, 3.05) is 20.1 Å². The van der Waals surface area contributed by atoms with Gasteiger partial charge in [-0.05, 0) is 69.8 Å². The van der Waals surface area contributed by atoms with Crippen LogP contribution in [-0.2, 0) is 6.42 Å². The molecule has 0 saturated carbocycles. The number of likely N-dealkylation sites (N-methyl/N-ethyl adjacent to an activating group) is 1. The van der Waals surface area contributed by atoms with E-state index >= 15 is 0 Å². The molecule has 0 bridgehead atoms. The van der Waals surface area contributed by atoms with Crippen LogP contribution in [0.1, 0.15) is 45.6 Å². The lowest BCUT2D eigenvalue weighted by atomic mass is 10.1. The van der Waals surface area contributed by atoms with Gasteiger partial charge in [-0.3, -0.25) is 4.98 Å². The highest BCUT2D eigenvalue weighted by Crippen LogP contribution is 2.08. The summed E-state index contributed by atoms with van der Waals surface area (Å²) < 4.78 is 0. The zero-order valence-corrected chi connectivity index (χ0v) is 13.6. The molecule has 0 spiro atoms. The van der Waals surface area contributed by atoms with Crippen LogP contribution in [0.4, 0.5) is 0 Å². The first kappa shape index (κ1) is 16.9. The summed E-state index contributed by atoms with van der Waals surface area (Å²) in [5.74, 6) is 0.820. The highest BCUT2D eigenvalue weighted by atomic mass is 15.1. The van der Waals surface area contributed by atoms with Gasteiger partial charge in [0, 0.05) is 18.9 Å². The number of pyridine rings is 1. The summed E-state index contributed by atoms with van der Waals surface area (Å²) in [7, 11) is 2.22. The first-order valence-electron chi connectivity index (χ1n) is 7.81. The highest BCUT2D eigenvalue weighted by Gasteiger charge is 1.99. The summed E-state index contributed by atoms with van der Waals surface area (Å²) in [4.78, 5) is 6.47. The molecule has 0 N–H and O–H groups in total. The van der Waals surface area contributed by atoms with E-state index in [1.54, 1.807) is 0 Å². The van der Waals surface area contributed by atoms with E-state index < -0.39 is 0 Å². The van der Waals surface area contributed by atoms with Crippen LogP contribution in [0.2, 0.25) is 0 Å². The predicted molar refractivity (Wildman–Crippen MR) is 87.9 cm³/mol. The normalized spacial score (nSPS) is 12.4. The number of rotatable bonds is 9. The fourth-order valence-electron chi connectivity index (χ4n) is 2.17. The molecule has 2 nitrogen and oxygen atoms in total. The van der Waals surface area contributed by atoms with Crippen molar-refractivity contribution < 1.29 is 0 Å². The Balaban J connectivity index is 2.20. The average Bonchev–Trinajstić information content (AvgIpc) is 2.43. The molecule has 0 radical (unpaired) electrons. The van der Waals surface area contributed by atoms with E-state index in [9.17, 15) is 0 Å². The van der Waals surface area contributed by atoms with Crippen molar-refractivity contribution in [3.8, 4) is 0 Å². The minimum absolute atomic E-state index is 0.820. The Morgan fingerprint density at radius 1 is 1.30 bits per heavy atom. The summed E-state index contributed by atoms with van der Waals surface area (Å²) in [5, 5.41) is 0. The molecular formula is C18H30N2. The smallest absolute Gasteiger partial charge is 0.0270 e. The van der Waals surface area contributed by atoms with Gasteiger partial charge in [0.15, 0.2) is 0 Å². The van der Waals surface area contributed by atoms with E-state index in [1.165, 1.54) is 30.5 Å². The molecule has 0 aliphatic carbocycles. The number of hydrogen-bond acceptors (Lipinski definition) is 2. The maximum absolute atomic E-state index is 4.05. The molecule has 1 heterocycles. The second-order valence-electron chi connectivity index (χ2n) is 6.20. The van der Waals surface area contributed by atoms with Gasteiger partial charge in [-0.15, -0.1) is 0 Å². The lowest BCUT2D eigenvalue weighted by molar-refractivity contribution is 0.347. The van der Waals surface area contributed by atoms with E-state index in [4.69, 9.17) is 0 Å². The molecule has 0 aliphatic rings. The Labute approximate surface area is 124 Å². The third kappa shape index (κ3) is 8.11. The van der Waals surface area contributed by atoms with Crippen molar-refractivity contribution in [2.24, 2.45) is 5.92 Å². The zero-order chi connectivity index (χ0) is 14.8. The number of nitrogens with zero attached hydrogens (tertiary/aromatic N) is 2. The standard InChI is InChI=1S/C18H30N2/c1-16(2)6-5-14-20(4)15-11-17(3)7-8-18-9-12-19-13-10-18/h9-13,16H,5-8,14-15H2,1-4H3/b17-11+. The molecule has 0 aromatic carbocycles. The number of hydrogen-bond donors (Lipinski definition) is 0. The molecule has 1 aromatic heterocycles. The molecule has 0 aliphatic heterocycles. The molecule has 0 atom stereocenters. The van der Waals surface area contributed by atoms with E-state index in [0.29, 0.717) is 0 Å². The van der Waals surface area contributed by atoms with Crippen LogP contribution in [0.15, 0.2) is 36.2 Å². The molecule has 1 aromatic rings. The monoisotopic (exact) mass is 274 g/mol. The van der Waals surface area contributed by atoms with E-state index in [1.807, 2.05) is 12.4 Å². The maximum Gasteiger partial charge on any atom is 0.0270 e. The second kappa shape index (κ2) is 9.71. The van der Waals surface area contributed by atoms with Crippen molar-refractivity contribution in [2.45, 2.75) is 46.5 Å². The molecule has 0 saturated heterocycles. The minimum atomic E-state index is 0.820. The summed E-state index contributed by atoms with van der Waals surface area (Å²) in [6.07, 6.45) is 11.0. The number of allylic oxidation sites excluding steroid dienone is 1. The third-order valence-corrected chi connectivity index (χ3v) is 3.63. The van der Waals surface area contributed by atoms with Crippen LogP contribution in [0.3, 0.4) is 0 Å². The zero-order valence-electron chi connectivity index (χ0n) is 13.6. The van der Waals surface area contributed by atoms with Crippen LogP contribution in [0.5, 0.6) is 0 Å². The molecule has 0 amide bonds. The van der Waals surface area contributed by atoms with Crippen LogP contribution in [0.25, 0.3) is 0 Å². The Bertz CT molecular complexity index is 382. The van der Waals surface area contributed by atoms with Crippen molar-refractivity contribution in [1.29, 1.82) is 0 Å². The average molecular weight is 274 g/mol. The third-order valence-electron chi connectivity index (χ3n) is 3.63. The maximum atomic E-state index is 4.05. The van der Waals surface area contributed by atoms with Gasteiger partial charge in [-0.25, -0.2) is 0 Å². The molecule has 1 rings (SSSR count). The lowest BCUT2D eigenvalue weighted by Gasteiger charge is -2.15. The van der Waals surface area contributed by atoms with E-state index in [0.717, 1.165) is 25.3 Å². The van der Waals surface area contributed by atoms with E-state index in [2.05, 4.69) is 55.9 Å². The summed E-state index contributed by atoms with van der Waals surface area (Å²) in [6, 6.07) is 4.20. The minimum Gasteiger partial charge on any atom is -0.303 e. The van der Waals surface area contributed by atoms with Crippen LogP contribution < -0.4 is 0 Å². The Hall–Kier alpha value is -1.15. The summed E-state index contributed by atoms with van der Waals surface area (Å²) in [5.41, 5.74) is 2.86. The van der Waals surface area contributed by atoms with Crippen molar-refractivity contribution in [1.82, 2.24) is 9.88 Å². The number of aromatic nitrogens is 1. The highest BCUT2D eigenvalue weighted by molar-refractivity contribution is 5.12. The SMILES string of the molecule is C/C(=C\CN(C)CCCC(C)C)CCc1ccncc1.